The van der Waals surface area contributed by atoms with Crippen molar-refractivity contribution in [2.24, 2.45) is 5.73 Å². The highest BCUT2D eigenvalue weighted by Crippen LogP contribution is 2.41. The zero-order valence-corrected chi connectivity index (χ0v) is 11.3. The summed E-state index contributed by atoms with van der Waals surface area (Å²) in [5.41, 5.74) is 5.95. The molecule has 0 heterocycles. The second-order valence-corrected chi connectivity index (χ2v) is 4.22. The highest BCUT2D eigenvalue weighted by Gasteiger charge is 2.34. The number of benzene rings is 1. The van der Waals surface area contributed by atoms with Crippen LogP contribution in [-0.2, 0) is 5.21 Å². The van der Waals surface area contributed by atoms with Crippen molar-refractivity contribution in [3.05, 3.63) is 17.7 Å². The molecule has 1 rings (SSSR count). The topological polar surface area (TPSA) is 53.7 Å². The van der Waals surface area contributed by atoms with E-state index in [1.54, 1.807) is 12.1 Å². The largest absolute Gasteiger partial charge is 0.493 e. The molecule has 1 aromatic carbocycles. The van der Waals surface area contributed by atoms with Crippen LogP contribution in [0.15, 0.2) is 12.1 Å². The fourth-order valence-electron chi connectivity index (χ4n) is 1.57. The van der Waals surface area contributed by atoms with Crippen molar-refractivity contribution in [2.75, 3.05) is 21.3 Å². The lowest BCUT2D eigenvalue weighted by Gasteiger charge is -2.42. The fourth-order valence-corrected chi connectivity index (χ4v) is 1.57. The predicted molar refractivity (Wildman–Crippen MR) is 77.7 cm³/mol. The molecule has 0 amide bonds. The van der Waals surface area contributed by atoms with Crippen LogP contribution in [0.1, 0.15) is 5.56 Å². The molecule has 0 unspecified atom stereocenters. The van der Waals surface area contributed by atoms with E-state index in [-0.39, 0.29) is 0 Å². The standard InChI is InChI=1S/C11H13B4NO3/c1-17-7-4-6(10(12,13)11(14,15)16)5-8(18-2)9(7)19-3/h4-5H,16H2,1-3H3. The van der Waals surface area contributed by atoms with Gasteiger partial charge in [0.15, 0.2) is 11.5 Å². The minimum Gasteiger partial charge on any atom is -0.493 e. The Bertz CT molecular complexity index is 435. The van der Waals surface area contributed by atoms with Gasteiger partial charge in [0, 0.05) is 0 Å². The first-order valence-corrected chi connectivity index (χ1v) is 5.44. The molecule has 0 saturated heterocycles. The average molecular weight is 250 g/mol. The Morgan fingerprint density at radius 1 is 0.895 bits per heavy atom. The van der Waals surface area contributed by atoms with Gasteiger partial charge in [0.05, 0.1) is 52.7 Å². The minimum absolute atomic E-state index is 0.356. The van der Waals surface area contributed by atoms with Crippen LogP contribution in [0.25, 0.3) is 0 Å². The number of hydrogen-bond donors (Lipinski definition) is 1. The molecule has 92 valence electrons. The quantitative estimate of drug-likeness (QED) is 0.692. The molecular formula is C11H13B4NO3. The van der Waals surface area contributed by atoms with Crippen LogP contribution >= 0.6 is 0 Å². The number of nitrogens with two attached hydrogens (primary N) is 1. The summed E-state index contributed by atoms with van der Waals surface area (Å²) < 4.78 is 15.6. The molecule has 19 heavy (non-hydrogen) atoms. The maximum Gasteiger partial charge on any atom is 0.203 e. The molecule has 4 nitrogen and oxygen atoms in total. The molecule has 0 aliphatic heterocycles. The van der Waals surface area contributed by atoms with E-state index >= 15 is 0 Å². The molecule has 0 bridgehead atoms. The van der Waals surface area contributed by atoms with Crippen molar-refractivity contribution >= 4 is 31.4 Å². The number of hydrogen-bond acceptors (Lipinski definition) is 4. The molecule has 0 aromatic heterocycles. The Balaban J connectivity index is 3.47. The summed E-state index contributed by atoms with van der Waals surface area (Å²) >= 11 is 0. The molecule has 0 fully saturated rings. The van der Waals surface area contributed by atoms with Gasteiger partial charge in [-0.3, -0.25) is 0 Å². The zero-order chi connectivity index (χ0) is 14.8. The van der Waals surface area contributed by atoms with Gasteiger partial charge in [-0.05, 0) is 12.1 Å². The van der Waals surface area contributed by atoms with Crippen LogP contribution in [-0.4, -0.2) is 58.1 Å². The van der Waals surface area contributed by atoms with Gasteiger partial charge in [0.25, 0.3) is 0 Å². The smallest absolute Gasteiger partial charge is 0.203 e. The highest BCUT2D eigenvalue weighted by molar-refractivity contribution is 6.54. The first kappa shape index (κ1) is 15.9. The average Bonchev–Trinajstić information content (AvgIpc) is 2.35. The van der Waals surface area contributed by atoms with E-state index in [1.807, 2.05) is 0 Å². The van der Waals surface area contributed by atoms with Gasteiger partial charge in [-0.25, -0.2) is 0 Å². The third-order valence-electron chi connectivity index (χ3n) is 2.86. The SMILES string of the molecule is [B]C([B])(N)C([B])([B])c1cc(OC)c(OC)c(OC)c1. The predicted octanol–water partition coefficient (Wildman–Crippen LogP) is -0.848. The monoisotopic (exact) mass is 251 g/mol. The molecule has 1 aromatic rings. The first-order valence-electron chi connectivity index (χ1n) is 5.44. The summed E-state index contributed by atoms with van der Waals surface area (Å²) in [6, 6.07) is 3.09. The van der Waals surface area contributed by atoms with Crippen LogP contribution in [0.3, 0.4) is 0 Å². The number of methoxy groups -OCH3 is 3. The summed E-state index contributed by atoms with van der Waals surface area (Å²) in [6.45, 7) is 0. The Kier molecular flexibility index (Phi) is 4.56. The van der Waals surface area contributed by atoms with Crippen LogP contribution in [0.4, 0.5) is 0 Å². The Morgan fingerprint density at radius 2 is 1.32 bits per heavy atom. The Labute approximate surface area is 119 Å². The summed E-state index contributed by atoms with van der Waals surface area (Å²) in [5, 5.41) is -3.50. The summed E-state index contributed by atoms with van der Waals surface area (Å²) in [4.78, 5) is 0. The summed E-state index contributed by atoms with van der Waals surface area (Å²) in [5.74, 6) is 1.16. The lowest BCUT2D eigenvalue weighted by molar-refractivity contribution is 0.323. The Hall–Kier alpha value is -1.16. The lowest BCUT2D eigenvalue weighted by atomic mass is 9.32. The van der Waals surface area contributed by atoms with Crippen LogP contribution in [0, 0.1) is 0 Å². The van der Waals surface area contributed by atoms with E-state index in [9.17, 15) is 0 Å². The van der Waals surface area contributed by atoms with Crippen molar-refractivity contribution in [1.29, 1.82) is 0 Å². The molecule has 0 aliphatic carbocycles. The van der Waals surface area contributed by atoms with Crippen molar-refractivity contribution in [3.63, 3.8) is 0 Å². The van der Waals surface area contributed by atoms with E-state index in [4.69, 9.17) is 51.3 Å². The van der Waals surface area contributed by atoms with Crippen molar-refractivity contribution in [2.45, 2.75) is 10.6 Å². The molecule has 0 aliphatic rings. The molecule has 0 saturated carbocycles. The van der Waals surface area contributed by atoms with Crippen LogP contribution < -0.4 is 19.9 Å². The molecule has 8 heteroatoms. The van der Waals surface area contributed by atoms with Gasteiger partial charge in [0.1, 0.15) is 0 Å². The number of rotatable bonds is 5. The molecule has 2 N–H and O–H groups in total. The summed E-state index contributed by atoms with van der Waals surface area (Å²) in [7, 11) is 27.4. The van der Waals surface area contributed by atoms with E-state index < -0.39 is 10.6 Å². The molecule has 0 spiro atoms. The summed E-state index contributed by atoms with van der Waals surface area (Å²) in [6.07, 6.45) is 0. The van der Waals surface area contributed by atoms with Gasteiger partial charge in [-0.15, -0.1) is 0 Å². The number of ether oxygens (including phenoxy) is 3. The van der Waals surface area contributed by atoms with Gasteiger partial charge in [-0.1, -0.05) is 16.1 Å². The molecule has 0 atom stereocenters. The normalized spacial score (nSPS) is 12.0. The van der Waals surface area contributed by atoms with Crippen molar-refractivity contribution < 1.29 is 14.2 Å². The molecule has 8 radical (unpaired) electrons. The Morgan fingerprint density at radius 3 is 1.58 bits per heavy atom. The highest BCUT2D eigenvalue weighted by atomic mass is 16.5. The van der Waals surface area contributed by atoms with Gasteiger partial charge >= 0.3 is 0 Å². The zero-order valence-electron chi connectivity index (χ0n) is 11.3. The van der Waals surface area contributed by atoms with Crippen LogP contribution in [0.2, 0.25) is 0 Å². The van der Waals surface area contributed by atoms with E-state index in [1.165, 1.54) is 21.3 Å². The van der Waals surface area contributed by atoms with Gasteiger partial charge in [0.2, 0.25) is 5.75 Å². The molecular weight excluding hydrogens is 237 g/mol. The van der Waals surface area contributed by atoms with Gasteiger partial charge in [-0.2, -0.15) is 0 Å². The second kappa shape index (κ2) is 5.45. The van der Waals surface area contributed by atoms with Gasteiger partial charge < -0.3 is 19.9 Å². The lowest BCUT2D eigenvalue weighted by Crippen LogP contribution is -2.60. The third kappa shape index (κ3) is 2.89. The second-order valence-electron chi connectivity index (χ2n) is 4.22. The minimum atomic E-state index is -1.82. The fraction of sp³-hybridized carbons (Fsp3) is 0.455. The third-order valence-corrected chi connectivity index (χ3v) is 2.86. The van der Waals surface area contributed by atoms with Crippen LogP contribution in [0.5, 0.6) is 17.2 Å². The van der Waals surface area contributed by atoms with E-state index in [0.29, 0.717) is 22.8 Å². The van der Waals surface area contributed by atoms with Crippen molar-refractivity contribution in [3.8, 4) is 17.2 Å². The van der Waals surface area contributed by atoms with E-state index in [2.05, 4.69) is 0 Å². The maximum atomic E-state index is 5.90. The van der Waals surface area contributed by atoms with Crippen molar-refractivity contribution in [1.82, 2.24) is 0 Å². The van der Waals surface area contributed by atoms with E-state index in [0.717, 1.165) is 0 Å². The first-order chi connectivity index (χ1) is 8.68. The maximum absolute atomic E-state index is 5.90.